The molecule has 0 aliphatic rings. The summed E-state index contributed by atoms with van der Waals surface area (Å²) in [7, 11) is 1.69. The lowest BCUT2D eigenvalue weighted by Crippen LogP contribution is -2.23. The normalized spacial score (nSPS) is 12.4. The predicted molar refractivity (Wildman–Crippen MR) is 76.4 cm³/mol. The van der Waals surface area contributed by atoms with Crippen LogP contribution >= 0.6 is 0 Å². The molecule has 2 rings (SSSR count). The van der Waals surface area contributed by atoms with E-state index >= 15 is 0 Å². The van der Waals surface area contributed by atoms with Crippen molar-refractivity contribution in [1.29, 1.82) is 0 Å². The first-order valence-corrected chi connectivity index (χ1v) is 6.55. The van der Waals surface area contributed by atoms with E-state index in [1.807, 2.05) is 23.0 Å². The first-order chi connectivity index (χ1) is 9.19. The fraction of sp³-hybridized carbons (Fsp3) is 0.400. The Kier molecular flexibility index (Phi) is 4.58. The van der Waals surface area contributed by atoms with Crippen LogP contribution in [0.1, 0.15) is 24.1 Å². The van der Waals surface area contributed by atoms with Gasteiger partial charge in [-0.3, -0.25) is 4.68 Å². The van der Waals surface area contributed by atoms with Crippen molar-refractivity contribution < 1.29 is 4.74 Å². The van der Waals surface area contributed by atoms with E-state index in [0.29, 0.717) is 6.04 Å². The monoisotopic (exact) mass is 259 g/mol. The second-order valence-corrected chi connectivity index (χ2v) is 4.73. The van der Waals surface area contributed by atoms with Crippen LogP contribution in [0.15, 0.2) is 36.7 Å². The number of nitrogens with one attached hydrogen (secondary N) is 1. The molecule has 0 aliphatic heterocycles. The van der Waals surface area contributed by atoms with Gasteiger partial charge in [0.2, 0.25) is 0 Å². The number of aryl methyl sites for hydroxylation is 1. The van der Waals surface area contributed by atoms with Gasteiger partial charge in [-0.2, -0.15) is 5.10 Å². The van der Waals surface area contributed by atoms with Crippen molar-refractivity contribution in [3.63, 3.8) is 0 Å². The summed E-state index contributed by atoms with van der Waals surface area (Å²) < 4.78 is 7.20. The molecule has 1 heterocycles. The predicted octanol–water partition coefficient (Wildman–Crippen LogP) is 2.55. The van der Waals surface area contributed by atoms with Gasteiger partial charge >= 0.3 is 0 Å². The number of ether oxygens (including phenoxy) is 1. The summed E-state index contributed by atoms with van der Waals surface area (Å²) in [5, 5.41) is 7.76. The van der Waals surface area contributed by atoms with E-state index in [1.54, 1.807) is 7.11 Å². The molecule has 4 nitrogen and oxygen atoms in total. The van der Waals surface area contributed by atoms with Crippen LogP contribution < -0.4 is 10.1 Å². The van der Waals surface area contributed by atoms with Gasteiger partial charge in [0, 0.05) is 18.8 Å². The zero-order valence-corrected chi connectivity index (χ0v) is 11.8. The van der Waals surface area contributed by atoms with Gasteiger partial charge in [-0.05, 0) is 37.1 Å². The summed E-state index contributed by atoms with van der Waals surface area (Å²) in [4.78, 5) is 0. The topological polar surface area (TPSA) is 39.1 Å². The van der Waals surface area contributed by atoms with Gasteiger partial charge in [-0.25, -0.2) is 0 Å². The van der Waals surface area contributed by atoms with E-state index < -0.39 is 0 Å². The number of rotatable bonds is 6. The highest BCUT2D eigenvalue weighted by Gasteiger charge is 2.05. The lowest BCUT2D eigenvalue weighted by atomic mass is 10.1. The molecule has 0 fully saturated rings. The van der Waals surface area contributed by atoms with E-state index in [2.05, 4.69) is 42.6 Å². The highest BCUT2D eigenvalue weighted by atomic mass is 16.5. The third kappa shape index (κ3) is 3.83. The lowest BCUT2D eigenvalue weighted by Gasteiger charge is -2.15. The van der Waals surface area contributed by atoms with E-state index in [1.165, 1.54) is 11.1 Å². The number of methoxy groups -OCH3 is 1. The van der Waals surface area contributed by atoms with Gasteiger partial charge in [0.1, 0.15) is 5.75 Å². The van der Waals surface area contributed by atoms with Crippen molar-refractivity contribution >= 4 is 0 Å². The molecule has 0 spiro atoms. The highest BCUT2D eigenvalue weighted by molar-refractivity contribution is 5.30. The molecule has 0 bridgehead atoms. The van der Waals surface area contributed by atoms with Crippen LogP contribution in [0.25, 0.3) is 0 Å². The second-order valence-electron chi connectivity index (χ2n) is 4.73. The standard InChI is InChI=1S/C15H21N3O/c1-12-10-17-18(11-12)8-7-16-13(2)14-5-4-6-15(9-14)19-3/h4-6,9-11,13,16H,7-8H2,1-3H3/t13-/m1/s1. The minimum atomic E-state index is 0.298. The quantitative estimate of drug-likeness (QED) is 0.866. The lowest BCUT2D eigenvalue weighted by molar-refractivity contribution is 0.413. The minimum absolute atomic E-state index is 0.298. The molecular weight excluding hydrogens is 238 g/mol. The number of aromatic nitrogens is 2. The Hall–Kier alpha value is -1.81. The van der Waals surface area contributed by atoms with Gasteiger partial charge in [-0.15, -0.1) is 0 Å². The average molecular weight is 259 g/mol. The number of hydrogen-bond acceptors (Lipinski definition) is 3. The molecule has 0 saturated carbocycles. The van der Waals surface area contributed by atoms with Gasteiger partial charge in [0.05, 0.1) is 19.9 Å². The number of hydrogen-bond donors (Lipinski definition) is 1. The summed E-state index contributed by atoms with van der Waals surface area (Å²) in [5.74, 6) is 0.897. The Morgan fingerprint density at radius 3 is 2.95 bits per heavy atom. The van der Waals surface area contributed by atoms with Crippen molar-refractivity contribution in [2.45, 2.75) is 26.4 Å². The minimum Gasteiger partial charge on any atom is -0.497 e. The van der Waals surface area contributed by atoms with Crippen LogP contribution in [-0.4, -0.2) is 23.4 Å². The fourth-order valence-corrected chi connectivity index (χ4v) is 2.01. The van der Waals surface area contributed by atoms with E-state index in [9.17, 15) is 0 Å². The molecule has 1 atom stereocenters. The summed E-state index contributed by atoms with van der Waals surface area (Å²) in [5.41, 5.74) is 2.43. The van der Waals surface area contributed by atoms with E-state index in [0.717, 1.165) is 18.8 Å². The largest absolute Gasteiger partial charge is 0.497 e. The van der Waals surface area contributed by atoms with E-state index in [4.69, 9.17) is 4.74 Å². The number of benzene rings is 1. The number of nitrogens with zero attached hydrogens (tertiary/aromatic N) is 2. The molecule has 0 unspecified atom stereocenters. The van der Waals surface area contributed by atoms with Crippen LogP contribution in [0.4, 0.5) is 0 Å². The zero-order valence-electron chi connectivity index (χ0n) is 11.8. The summed E-state index contributed by atoms with van der Waals surface area (Å²) in [6.45, 7) is 5.97. The van der Waals surface area contributed by atoms with Crippen LogP contribution in [0, 0.1) is 6.92 Å². The molecule has 0 aliphatic carbocycles. The third-order valence-corrected chi connectivity index (χ3v) is 3.15. The van der Waals surface area contributed by atoms with Gasteiger partial charge in [0.15, 0.2) is 0 Å². The molecule has 0 amide bonds. The SMILES string of the molecule is COc1cccc([C@@H](C)NCCn2cc(C)cn2)c1. The van der Waals surface area contributed by atoms with Gasteiger partial charge in [0.25, 0.3) is 0 Å². The summed E-state index contributed by atoms with van der Waals surface area (Å²) in [6.07, 6.45) is 3.93. The smallest absolute Gasteiger partial charge is 0.119 e. The zero-order chi connectivity index (χ0) is 13.7. The third-order valence-electron chi connectivity index (χ3n) is 3.15. The summed E-state index contributed by atoms with van der Waals surface area (Å²) in [6, 6.07) is 8.45. The molecule has 1 aromatic carbocycles. The molecule has 2 aromatic rings. The van der Waals surface area contributed by atoms with Crippen molar-refractivity contribution in [3.8, 4) is 5.75 Å². The highest BCUT2D eigenvalue weighted by Crippen LogP contribution is 2.18. The first kappa shape index (κ1) is 13.6. The van der Waals surface area contributed by atoms with Crippen LogP contribution in [0.3, 0.4) is 0 Å². The molecule has 1 N–H and O–H groups in total. The average Bonchev–Trinajstić information content (AvgIpc) is 2.84. The Bertz CT molecular complexity index is 522. The maximum absolute atomic E-state index is 5.24. The van der Waals surface area contributed by atoms with Crippen LogP contribution in [0.5, 0.6) is 5.75 Å². The Morgan fingerprint density at radius 2 is 2.26 bits per heavy atom. The fourth-order valence-electron chi connectivity index (χ4n) is 2.01. The van der Waals surface area contributed by atoms with Crippen molar-refractivity contribution in [2.24, 2.45) is 0 Å². The van der Waals surface area contributed by atoms with Crippen molar-refractivity contribution in [3.05, 3.63) is 47.8 Å². The molecule has 4 heteroatoms. The molecule has 0 radical (unpaired) electrons. The van der Waals surface area contributed by atoms with E-state index in [-0.39, 0.29) is 0 Å². The maximum atomic E-state index is 5.24. The first-order valence-electron chi connectivity index (χ1n) is 6.55. The molecule has 19 heavy (non-hydrogen) atoms. The van der Waals surface area contributed by atoms with Gasteiger partial charge in [-0.1, -0.05) is 12.1 Å². The van der Waals surface area contributed by atoms with Crippen LogP contribution in [0.2, 0.25) is 0 Å². The molecule has 0 saturated heterocycles. The Labute approximate surface area is 114 Å². The van der Waals surface area contributed by atoms with Gasteiger partial charge < -0.3 is 10.1 Å². The summed E-state index contributed by atoms with van der Waals surface area (Å²) >= 11 is 0. The van der Waals surface area contributed by atoms with Crippen molar-refractivity contribution in [1.82, 2.24) is 15.1 Å². The Balaban J connectivity index is 1.85. The molecule has 102 valence electrons. The maximum Gasteiger partial charge on any atom is 0.119 e. The Morgan fingerprint density at radius 1 is 1.42 bits per heavy atom. The molecular formula is C15H21N3O. The molecule has 1 aromatic heterocycles. The van der Waals surface area contributed by atoms with Crippen LogP contribution in [-0.2, 0) is 6.54 Å². The van der Waals surface area contributed by atoms with Crippen molar-refractivity contribution in [2.75, 3.05) is 13.7 Å². The second kappa shape index (κ2) is 6.38.